The largest absolute Gasteiger partial charge is 0.469 e. The molecule has 116 valence electrons. The first kappa shape index (κ1) is 16.7. The van der Waals surface area contributed by atoms with Crippen molar-refractivity contribution in [2.45, 2.75) is 29.5 Å². The monoisotopic (exact) mass is 393 g/mol. The van der Waals surface area contributed by atoms with E-state index in [1.807, 2.05) is 6.92 Å². The van der Waals surface area contributed by atoms with Gasteiger partial charge in [0.2, 0.25) is 10.0 Å². The van der Waals surface area contributed by atoms with Crippen LogP contribution in [0.4, 0.5) is 0 Å². The summed E-state index contributed by atoms with van der Waals surface area (Å²) in [6.45, 7) is 1.62. The maximum atomic E-state index is 12.3. The van der Waals surface area contributed by atoms with Crippen LogP contribution in [-0.4, -0.2) is 26.2 Å². The Morgan fingerprint density at radius 3 is 2.67 bits per heavy atom. The normalized spacial score (nSPS) is 15.0. The van der Waals surface area contributed by atoms with Crippen LogP contribution >= 0.6 is 27.3 Å². The van der Waals surface area contributed by atoms with Gasteiger partial charge < -0.3 is 9.52 Å². The van der Waals surface area contributed by atoms with Gasteiger partial charge in [-0.15, -0.1) is 11.3 Å². The molecule has 0 bridgehead atoms. The van der Waals surface area contributed by atoms with Gasteiger partial charge in [-0.3, -0.25) is 0 Å². The van der Waals surface area contributed by atoms with E-state index in [4.69, 9.17) is 4.42 Å². The van der Waals surface area contributed by atoms with Crippen LogP contribution in [-0.2, 0) is 10.0 Å². The molecule has 2 aromatic rings. The standard InChI is InChI=1S/C13H16BrNO4S2/c1-2-9(11-4-3-7-19-11)10(8-16)15-21(17,18)13-6-5-12(14)20-13/h3-7,9-10,15-16H,2,8H2,1H3. The van der Waals surface area contributed by atoms with E-state index in [1.165, 1.54) is 12.3 Å². The minimum absolute atomic E-state index is 0.210. The summed E-state index contributed by atoms with van der Waals surface area (Å²) in [6, 6.07) is 6.10. The van der Waals surface area contributed by atoms with Crippen molar-refractivity contribution in [1.82, 2.24) is 4.72 Å². The number of hydrogen-bond donors (Lipinski definition) is 2. The Balaban J connectivity index is 2.22. The molecular weight excluding hydrogens is 378 g/mol. The second-order valence-electron chi connectivity index (χ2n) is 4.50. The minimum atomic E-state index is -3.66. The molecule has 2 N–H and O–H groups in total. The fraction of sp³-hybridized carbons (Fsp3) is 0.385. The highest BCUT2D eigenvalue weighted by Gasteiger charge is 2.29. The first-order valence-electron chi connectivity index (χ1n) is 6.40. The summed E-state index contributed by atoms with van der Waals surface area (Å²) < 4.78 is 33.5. The van der Waals surface area contributed by atoms with Crippen LogP contribution in [0.3, 0.4) is 0 Å². The number of aliphatic hydroxyl groups excluding tert-OH is 1. The lowest BCUT2D eigenvalue weighted by molar-refractivity contribution is 0.227. The van der Waals surface area contributed by atoms with Gasteiger partial charge in [0.15, 0.2) is 0 Å². The molecule has 0 aliphatic heterocycles. The highest BCUT2D eigenvalue weighted by Crippen LogP contribution is 2.28. The van der Waals surface area contributed by atoms with E-state index in [0.717, 1.165) is 15.1 Å². The van der Waals surface area contributed by atoms with Crippen molar-refractivity contribution in [3.05, 3.63) is 40.1 Å². The Hall–Kier alpha value is -0.670. The number of hydrogen-bond acceptors (Lipinski definition) is 5. The summed E-state index contributed by atoms with van der Waals surface area (Å²) in [6.07, 6.45) is 2.19. The van der Waals surface area contributed by atoms with E-state index in [9.17, 15) is 13.5 Å². The van der Waals surface area contributed by atoms with Gasteiger partial charge >= 0.3 is 0 Å². The molecule has 0 aromatic carbocycles. The molecule has 2 rings (SSSR count). The third-order valence-electron chi connectivity index (χ3n) is 3.15. The van der Waals surface area contributed by atoms with Crippen LogP contribution in [0.1, 0.15) is 25.0 Å². The number of nitrogens with one attached hydrogen (secondary N) is 1. The van der Waals surface area contributed by atoms with Gasteiger partial charge in [0, 0.05) is 5.92 Å². The fourth-order valence-corrected chi connectivity index (χ4v) is 5.43. The molecule has 0 spiro atoms. The summed E-state index contributed by atoms with van der Waals surface area (Å²) in [5.41, 5.74) is 0. The maximum Gasteiger partial charge on any atom is 0.250 e. The number of thiophene rings is 1. The van der Waals surface area contributed by atoms with Crippen molar-refractivity contribution in [2.24, 2.45) is 0 Å². The zero-order chi connectivity index (χ0) is 15.5. The first-order valence-corrected chi connectivity index (χ1v) is 9.49. The molecule has 0 saturated heterocycles. The Bertz CT molecular complexity index is 666. The second kappa shape index (κ2) is 7.06. The lowest BCUT2D eigenvalue weighted by Crippen LogP contribution is -2.41. The van der Waals surface area contributed by atoms with Crippen LogP contribution in [0.5, 0.6) is 0 Å². The molecule has 0 amide bonds. The smallest absolute Gasteiger partial charge is 0.250 e. The van der Waals surface area contributed by atoms with Crippen molar-refractivity contribution >= 4 is 37.3 Å². The summed E-state index contributed by atoms with van der Waals surface area (Å²) in [4.78, 5) is 0. The summed E-state index contributed by atoms with van der Waals surface area (Å²) in [7, 11) is -3.66. The van der Waals surface area contributed by atoms with Gasteiger partial charge in [-0.1, -0.05) is 6.92 Å². The van der Waals surface area contributed by atoms with E-state index < -0.39 is 16.1 Å². The molecule has 2 atom stereocenters. The molecule has 0 aliphatic carbocycles. The molecule has 2 aromatic heterocycles. The van der Waals surface area contributed by atoms with Gasteiger partial charge in [0.05, 0.1) is 22.7 Å². The van der Waals surface area contributed by atoms with Gasteiger partial charge in [-0.2, -0.15) is 0 Å². The average Bonchev–Trinajstić information content (AvgIpc) is 3.10. The number of sulfonamides is 1. The highest BCUT2D eigenvalue weighted by molar-refractivity contribution is 9.11. The Labute approximate surface area is 136 Å². The molecule has 0 saturated carbocycles. The molecular formula is C13H16BrNO4S2. The van der Waals surface area contributed by atoms with Crippen LogP contribution in [0, 0.1) is 0 Å². The van der Waals surface area contributed by atoms with E-state index >= 15 is 0 Å². The SMILES string of the molecule is CCC(c1ccco1)C(CO)NS(=O)(=O)c1ccc(Br)s1. The molecule has 21 heavy (non-hydrogen) atoms. The number of furan rings is 1. The van der Waals surface area contributed by atoms with Crippen LogP contribution in [0.25, 0.3) is 0 Å². The Morgan fingerprint density at radius 2 is 2.19 bits per heavy atom. The van der Waals surface area contributed by atoms with Gasteiger partial charge in [0.25, 0.3) is 0 Å². The topological polar surface area (TPSA) is 79.5 Å². The van der Waals surface area contributed by atoms with Crippen LogP contribution in [0.2, 0.25) is 0 Å². The van der Waals surface area contributed by atoms with Crippen LogP contribution < -0.4 is 4.72 Å². The molecule has 2 unspecified atom stereocenters. The van der Waals surface area contributed by atoms with Crippen molar-refractivity contribution < 1.29 is 17.9 Å². The quantitative estimate of drug-likeness (QED) is 0.757. The summed E-state index contributed by atoms with van der Waals surface area (Å²) in [5.74, 6) is 0.440. The second-order valence-corrected chi connectivity index (χ2v) is 8.90. The minimum Gasteiger partial charge on any atom is -0.469 e. The lowest BCUT2D eigenvalue weighted by atomic mass is 9.95. The van der Waals surface area contributed by atoms with E-state index in [-0.39, 0.29) is 16.7 Å². The zero-order valence-corrected chi connectivity index (χ0v) is 14.5. The predicted molar refractivity (Wildman–Crippen MR) is 85.0 cm³/mol. The summed E-state index contributed by atoms with van der Waals surface area (Å²) >= 11 is 4.37. The van der Waals surface area contributed by atoms with Gasteiger partial charge in [0.1, 0.15) is 9.97 Å². The first-order chi connectivity index (χ1) is 9.97. The van der Waals surface area contributed by atoms with Crippen molar-refractivity contribution in [2.75, 3.05) is 6.61 Å². The Kier molecular flexibility index (Phi) is 5.61. The average molecular weight is 394 g/mol. The van der Waals surface area contributed by atoms with Crippen molar-refractivity contribution in [3.63, 3.8) is 0 Å². The molecule has 8 heteroatoms. The zero-order valence-electron chi connectivity index (χ0n) is 11.3. The predicted octanol–water partition coefficient (Wildman–Crippen LogP) is 2.94. The fourth-order valence-electron chi connectivity index (χ4n) is 2.13. The summed E-state index contributed by atoms with van der Waals surface area (Å²) in [5, 5.41) is 9.57. The molecule has 2 heterocycles. The maximum absolute atomic E-state index is 12.3. The number of aliphatic hydroxyl groups is 1. The van der Waals surface area contributed by atoms with E-state index in [2.05, 4.69) is 20.7 Å². The number of rotatable bonds is 7. The van der Waals surface area contributed by atoms with E-state index in [0.29, 0.717) is 12.2 Å². The molecule has 0 radical (unpaired) electrons. The number of halogens is 1. The van der Waals surface area contributed by atoms with Crippen LogP contribution in [0.15, 0.2) is 42.9 Å². The third-order valence-corrected chi connectivity index (χ3v) is 6.76. The van der Waals surface area contributed by atoms with Gasteiger partial charge in [-0.25, -0.2) is 13.1 Å². The highest BCUT2D eigenvalue weighted by atomic mass is 79.9. The van der Waals surface area contributed by atoms with Crippen molar-refractivity contribution in [1.29, 1.82) is 0 Å². The third kappa shape index (κ3) is 3.95. The van der Waals surface area contributed by atoms with Crippen molar-refractivity contribution in [3.8, 4) is 0 Å². The van der Waals surface area contributed by atoms with E-state index in [1.54, 1.807) is 18.2 Å². The molecule has 5 nitrogen and oxygen atoms in total. The molecule has 0 fully saturated rings. The Morgan fingerprint density at radius 1 is 1.43 bits per heavy atom. The van der Waals surface area contributed by atoms with Gasteiger partial charge in [-0.05, 0) is 46.6 Å². The lowest BCUT2D eigenvalue weighted by Gasteiger charge is -2.23. The molecule has 0 aliphatic rings.